The molecule has 0 aliphatic carbocycles. The van der Waals surface area contributed by atoms with Crippen molar-refractivity contribution in [2.75, 3.05) is 13.1 Å². The quantitative estimate of drug-likeness (QED) is 0.731. The Labute approximate surface area is 87.1 Å². The van der Waals surface area contributed by atoms with Crippen LogP contribution in [0, 0.1) is 11.8 Å². The van der Waals surface area contributed by atoms with E-state index >= 15 is 0 Å². The minimum atomic E-state index is -0.608. The lowest BCUT2D eigenvalue weighted by molar-refractivity contribution is 0.537. The Kier molecular flexibility index (Phi) is 3.77. The van der Waals surface area contributed by atoms with Gasteiger partial charge < -0.3 is 5.32 Å². The Morgan fingerprint density at radius 2 is 2.21 bits per heavy atom. The highest BCUT2D eigenvalue weighted by Gasteiger charge is 2.20. The van der Waals surface area contributed by atoms with E-state index < -0.39 is 11.8 Å². The Hall–Kier alpha value is -0.740. The van der Waals surface area contributed by atoms with Crippen LogP contribution in [0.5, 0.6) is 0 Å². The van der Waals surface area contributed by atoms with Gasteiger partial charge in [-0.2, -0.15) is 4.39 Å². The molecular formula is C9H11ClF2N2. The van der Waals surface area contributed by atoms with Crippen LogP contribution in [-0.2, 0) is 0 Å². The van der Waals surface area contributed by atoms with Crippen molar-refractivity contribution in [1.29, 1.82) is 0 Å². The molecule has 0 bridgehead atoms. The van der Waals surface area contributed by atoms with Gasteiger partial charge in [-0.3, -0.25) is 0 Å². The SMILES string of the molecule is Cl.Fc1cc(C2CCNC2)c(F)cn1. The number of nitrogens with one attached hydrogen (secondary N) is 1. The molecule has 0 spiro atoms. The van der Waals surface area contributed by atoms with E-state index in [1.54, 1.807) is 0 Å². The molecule has 1 aliphatic rings. The van der Waals surface area contributed by atoms with Crippen LogP contribution < -0.4 is 5.32 Å². The molecule has 78 valence electrons. The number of hydrogen-bond donors (Lipinski definition) is 1. The summed E-state index contributed by atoms with van der Waals surface area (Å²) >= 11 is 0. The summed E-state index contributed by atoms with van der Waals surface area (Å²) in [5, 5.41) is 3.11. The molecule has 1 unspecified atom stereocenters. The highest BCUT2D eigenvalue weighted by molar-refractivity contribution is 5.85. The van der Waals surface area contributed by atoms with Crippen molar-refractivity contribution < 1.29 is 8.78 Å². The third kappa shape index (κ3) is 2.19. The molecule has 1 fully saturated rings. The van der Waals surface area contributed by atoms with Crippen molar-refractivity contribution in [3.63, 3.8) is 0 Å². The van der Waals surface area contributed by atoms with Crippen molar-refractivity contribution in [3.8, 4) is 0 Å². The third-order valence-electron chi connectivity index (χ3n) is 2.35. The number of halogens is 3. The Bertz CT molecular complexity index is 314. The molecule has 0 radical (unpaired) electrons. The van der Waals surface area contributed by atoms with Crippen molar-refractivity contribution in [2.45, 2.75) is 12.3 Å². The summed E-state index contributed by atoms with van der Waals surface area (Å²) < 4.78 is 25.9. The Morgan fingerprint density at radius 3 is 2.86 bits per heavy atom. The lowest BCUT2D eigenvalue weighted by atomic mass is 9.99. The summed E-state index contributed by atoms with van der Waals surface area (Å²) in [6, 6.07) is 1.19. The first kappa shape index (κ1) is 11.3. The fraction of sp³-hybridized carbons (Fsp3) is 0.444. The first-order valence-electron chi connectivity index (χ1n) is 4.29. The summed E-state index contributed by atoms with van der Waals surface area (Å²) in [7, 11) is 0. The highest BCUT2D eigenvalue weighted by atomic mass is 35.5. The second-order valence-corrected chi connectivity index (χ2v) is 3.22. The molecule has 1 aliphatic heterocycles. The largest absolute Gasteiger partial charge is 0.316 e. The van der Waals surface area contributed by atoms with Gasteiger partial charge in [0.15, 0.2) is 0 Å². The molecule has 0 aromatic carbocycles. The predicted octanol–water partition coefficient (Wildman–Crippen LogP) is 1.86. The average molecular weight is 221 g/mol. The van der Waals surface area contributed by atoms with Crippen LogP contribution in [0.2, 0.25) is 0 Å². The van der Waals surface area contributed by atoms with Gasteiger partial charge in [0.25, 0.3) is 0 Å². The molecule has 0 saturated carbocycles. The lowest BCUT2D eigenvalue weighted by Gasteiger charge is -2.08. The van der Waals surface area contributed by atoms with E-state index in [2.05, 4.69) is 10.3 Å². The van der Waals surface area contributed by atoms with Crippen LogP contribution in [0.4, 0.5) is 8.78 Å². The molecule has 1 saturated heterocycles. The minimum absolute atomic E-state index is 0. The van der Waals surface area contributed by atoms with E-state index in [4.69, 9.17) is 0 Å². The maximum absolute atomic E-state index is 13.2. The number of rotatable bonds is 1. The summed E-state index contributed by atoms with van der Waals surface area (Å²) in [6.45, 7) is 1.59. The molecule has 0 amide bonds. The van der Waals surface area contributed by atoms with Crippen molar-refractivity contribution in [3.05, 3.63) is 29.6 Å². The molecular weight excluding hydrogens is 210 g/mol. The first-order chi connectivity index (χ1) is 6.27. The Balaban J connectivity index is 0.000000980. The van der Waals surface area contributed by atoms with Crippen molar-refractivity contribution in [1.82, 2.24) is 10.3 Å². The predicted molar refractivity (Wildman–Crippen MR) is 51.6 cm³/mol. The lowest BCUT2D eigenvalue weighted by Crippen LogP contribution is -2.09. The van der Waals surface area contributed by atoms with Gasteiger partial charge in [0, 0.05) is 12.5 Å². The van der Waals surface area contributed by atoms with Crippen LogP contribution >= 0.6 is 12.4 Å². The maximum Gasteiger partial charge on any atom is 0.213 e. The number of nitrogens with zero attached hydrogens (tertiary/aromatic N) is 1. The van der Waals surface area contributed by atoms with Gasteiger partial charge in [-0.1, -0.05) is 0 Å². The molecule has 5 heteroatoms. The van der Waals surface area contributed by atoms with Gasteiger partial charge >= 0.3 is 0 Å². The summed E-state index contributed by atoms with van der Waals surface area (Å²) in [6.07, 6.45) is 1.81. The van der Waals surface area contributed by atoms with E-state index in [1.807, 2.05) is 0 Å². The molecule has 1 aromatic heterocycles. The molecule has 1 aromatic rings. The normalized spacial score (nSPS) is 20.6. The van der Waals surface area contributed by atoms with Crippen molar-refractivity contribution >= 4 is 12.4 Å². The monoisotopic (exact) mass is 220 g/mol. The maximum atomic E-state index is 13.2. The first-order valence-corrected chi connectivity index (χ1v) is 4.29. The van der Waals surface area contributed by atoms with E-state index in [1.165, 1.54) is 6.07 Å². The molecule has 2 heterocycles. The van der Waals surface area contributed by atoms with E-state index in [9.17, 15) is 8.78 Å². The molecule has 14 heavy (non-hydrogen) atoms. The van der Waals surface area contributed by atoms with Crippen LogP contribution in [0.25, 0.3) is 0 Å². The fourth-order valence-electron chi connectivity index (χ4n) is 1.66. The van der Waals surface area contributed by atoms with Gasteiger partial charge in [-0.25, -0.2) is 9.37 Å². The molecule has 1 N–H and O–H groups in total. The zero-order valence-corrected chi connectivity index (χ0v) is 8.28. The van der Waals surface area contributed by atoms with Gasteiger partial charge in [0.2, 0.25) is 5.95 Å². The van der Waals surface area contributed by atoms with E-state index in [0.717, 1.165) is 25.7 Å². The van der Waals surface area contributed by atoms with Crippen LogP contribution in [-0.4, -0.2) is 18.1 Å². The summed E-state index contributed by atoms with van der Waals surface area (Å²) in [4.78, 5) is 3.25. The highest BCUT2D eigenvalue weighted by Crippen LogP contribution is 2.24. The Morgan fingerprint density at radius 1 is 1.43 bits per heavy atom. The van der Waals surface area contributed by atoms with Gasteiger partial charge in [-0.05, 0) is 24.6 Å². The fourth-order valence-corrected chi connectivity index (χ4v) is 1.66. The average Bonchev–Trinajstić information content (AvgIpc) is 2.61. The molecule has 1 atom stereocenters. The number of pyridine rings is 1. The second-order valence-electron chi connectivity index (χ2n) is 3.22. The van der Waals surface area contributed by atoms with Gasteiger partial charge in [0.1, 0.15) is 5.82 Å². The summed E-state index contributed by atoms with van der Waals surface area (Å²) in [5.41, 5.74) is 0.442. The van der Waals surface area contributed by atoms with Crippen molar-refractivity contribution in [2.24, 2.45) is 0 Å². The standard InChI is InChI=1S/C9H10F2N2.ClH/c10-8-5-13-9(11)3-7(8)6-1-2-12-4-6;/h3,5-6,12H,1-2,4H2;1H. The smallest absolute Gasteiger partial charge is 0.213 e. The topological polar surface area (TPSA) is 24.9 Å². The molecule has 2 rings (SSSR count). The number of aromatic nitrogens is 1. The van der Waals surface area contributed by atoms with Crippen LogP contribution in [0.3, 0.4) is 0 Å². The molecule has 2 nitrogen and oxygen atoms in total. The minimum Gasteiger partial charge on any atom is -0.316 e. The summed E-state index contributed by atoms with van der Waals surface area (Å²) in [5.74, 6) is -0.920. The van der Waals surface area contributed by atoms with Gasteiger partial charge in [-0.15, -0.1) is 12.4 Å². The van der Waals surface area contributed by atoms with E-state index in [0.29, 0.717) is 5.56 Å². The number of hydrogen-bond acceptors (Lipinski definition) is 2. The second kappa shape index (κ2) is 4.66. The van der Waals surface area contributed by atoms with Crippen LogP contribution in [0.1, 0.15) is 17.9 Å². The van der Waals surface area contributed by atoms with E-state index in [-0.39, 0.29) is 18.3 Å². The van der Waals surface area contributed by atoms with Crippen LogP contribution in [0.15, 0.2) is 12.3 Å². The third-order valence-corrected chi connectivity index (χ3v) is 2.35. The van der Waals surface area contributed by atoms with Gasteiger partial charge in [0.05, 0.1) is 6.20 Å². The zero-order valence-electron chi connectivity index (χ0n) is 7.46. The zero-order chi connectivity index (χ0) is 9.26.